The zero-order valence-corrected chi connectivity index (χ0v) is 60.2. The molecule has 0 amide bonds. The van der Waals surface area contributed by atoms with Crippen LogP contribution in [0.2, 0.25) is 0 Å². The summed E-state index contributed by atoms with van der Waals surface area (Å²) < 4.78 is 22.9. The molecular formula is C79H155NO8. The summed E-state index contributed by atoms with van der Waals surface area (Å²) in [5.74, 6) is -2.24. The van der Waals surface area contributed by atoms with Crippen molar-refractivity contribution >= 4 is 17.9 Å². The van der Waals surface area contributed by atoms with Crippen LogP contribution in [0.3, 0.4) is 0 Å². The van der Waals surface area contributed by atoms with Gasteiger partial charge in [-0.25, -0.2) is 0 Å². The van der Waals surface area contributed by atoms with Gasteiger partial charge in [0.25, 0.3) is 0 Å². The summed E-state index contributed by atoms with van der Waals surface area (Å²) >= 11 is 0. The van der Waals surface area contributed by atoms with Gasteiger partial charge in [-0.05, 0) is 12.8 Å². The molecule has 0 bridgehead atoms. The van der Waals surface area contributed by atoms with Crippen molar-refractivity contribution in [1.29, 1.82) is 0 Å². The summed E-state index contributed by atoms with van der Waals surface area (Å²) in [5, 5.41) is 11.8. The van der Waals surface area contributed by atoms with Crippen LogP contribution in [-0.4, -0.2) is 82.3 Å². The Morgan fingerprint density at radius 2 is 0.511 bits per heavy atom. The molecule has 0 spiro atoms. The SMILES string of the molecule is CCCCCCCCCCCCCCCCCCCCCCCCCCCCCCCCCCCCC(=O)OC(COC(=O)CCCCCCCCCCCCCCCCCCCCCCCCCCCCCCC)COC(OCC[N+](C)(C)C)C(=O)[O-]. The van der Waals surface area contributed by atoms with Crippen molar-refractivity contribution in [3.05, 3.63) is 0 Å². The number of ether oxygens (including phenoxy) is 4. The van der Waals surface area contributed by atoms with Gasteiger partial charge >= 0.3 is 11.9 Å². The average Bonchev–Trinajstić information content (AvgIpc) is 3.66. The van der Waals surface area contributed by atoms with Crippen molar-refractivity contribution in [3.8, 4) is 0 Å². The van der Waals surface area contributed by atoms with E-state index in [1.165, 1.54) is 366 Å². The van der Waals surface area contributed by atoms with E-state index in [0.29, 0.717) is 17.4 Å². The fourth-order valence-electron chi connectivity index (χ4n) is 12.5. The van der Waals surface area contributed by atoms with E-state index in [0.717, 1.165) is 38.5 Å². The number of carboxylic acids is 1. The molecule has 0 N–H and O–H groups in total. The van der Waals surface area contributed by atoms with Crippen LogP contribution in [0.4, 0.5) is 0 Å². The first-order chi connectivity index (χ1) is 43.1. The smallest absolute Gasteiger partial charge is 0.306 e. The number of aliphatic carboxylic acids is 1. The third-order valence-corrected chi connectivity index (χ3v) is 18.6. The van der Waals surface area contributed by atoms with Gasteiger partial charge in [0.05, 0.1) is 40.3 Å². The zero-order chi connectivity index (χ0) is 64.0. The van der Waals surface area contributed by atoms with Crippen LogP contribution in [0.1, 0.15) is 431 Å². The van der Waals surface area contributed by atoms with Crippen LogP contribution in [0.5, 0.6) is 0 Å². The van der Waals surface area contributed by atoms with E-state index < -0.39 is 24.3 Å². The van der Waals surface area contributed by atoms with Crippen molar-refractivity contribution in [1.82, 2.24) is 0 Å². The molecule has 0 heterocycles. The number of carbonyl (C=O) groups is 3. The maximum atomic E-state index is 13.0. The van der Waals surface area contributed by atoms with Gasteiger partial charge in [-0.15, -0.1) is 0 Å². The lowest BCUT2D eigenvalue weighted by atomic mass is 10.0. The lowest BCUT2D eigenvalue weighted by Crippen LogP contribution is -2.44. The zero-order valence-electron chi connectivity index (χ0n) is 60.2. The first kappa shape index (κ1) is 86.3. The molecule has 0 aliphatic carbocycles. The van der Waals surface area contributed by atoms with Gasteiger partial charge in [-0.2, -0.15) is 0 Å². The quantitative estimate of drug-likeness (QED) is 0.0256. The fourth-order valence-corrected chi connectivity index (χ4v) is 12.5. The lowest BCUT2D eigenvalue weighted by Gasteiger charge is -2.26. The third-order valence-electron chi connectivity index (χ3n) is 18.6. The highest BCUT2D eigenvalue weighted by molar-refractivity contribution is 5.70. The van der Waals surface area contributed by atoms with Crippen molar-refractivity contribution < 1.29 is 42.9 Å². The second kappa shape index (κ2) is 71.1. The Balaban J connectivity index is 3.95. The standard InChI is InChI=1S/C79H155NO8/c1-6-8-10-12-14-16-18-20-22-24-26-28-30-32-34-36-37-38-39-40-42-44-46-48-50-52-54-56-58-60-62-64-66-68-70-77(82)88-75(74-87-79(78(83)84)85-72-71-80(3,4)5)73-86-76(81)69-67-65-63-61-59-57-55-53-51-49-47-45-43-41-35-33-31-29-27-25-23-21-19-17-15-13-11-9-7-2/h75,79H,6-74H2,1-5H3. The van der Waals surface area contributed by atoms with Crippen molar-refractivity contribution in [3.63, 3.8) is 0 Å². The summed E-state index contributed by atoms with van der Waals surface area (Å²) in [6.45, 7) is 4.86. The van der Waals surface area contributed by atoms with Gasteiger partial charge in [0.2, 0.25) is 0 Å². The largest absolute Gasteiger partial charge is 0.545 e. The first-order valence-electron chi connectivity index (χ1n) is 39.7. The molecule has 0 aromatic heterocycles. The minimum atomic E-state index is -1.62. The number of unbranched alkanes of at least 4 members (excludes halogenated alkanes) is 61. The molecule has 88 heavy (non-hydrogen) atoms. The molecule has 0 aliphatic heterocycles. The van der Waals surface area contributed by atoms with Crippen LogP contribution < -0.4 is 5.11 Å². The summed E-state index contributed by atoms with van der Waals surface area (Å²) in [6, 6.07) is 0. The Hall–Kier alpha value is -1.71. The lowest BCUT2D eigenvalue weighted by molar-refractivity contribution is -0.870. The van der Waals surface area contributed by atoms with Crippen LogP contribution in [0, 0.1) is 0 Å². The van der Waals surface area contributed by atoms with E-state index in [9.17, 15) is 19.5 Å². The van der Waals surface area contributed by atoms with Crippen LogP contribution in [0.25, 0.3) is 0 Å². The van der Waals surface area contributed by atoms with Gasteiger partial charge in [0, 0.05) is 12.8 Å². The van der Waals surface area contributed by atoms with E-state index in [-0.39, 0.29) is 32.2 Å². The Labute approximate surface area is 549 Å². The minimum absolute atomic E-state index is 0.154. The number of quaternary nitrogens is 1. The Kier molecular flexibility index (Phi) is 69.8. The van der Waals surface area contributed by atoms with Gasteiger partial charge in [0.15, 0.2) is 12.4 Å². The van der Waals surface area contributed by atoms with Crippen molar-refractivity contribution in [2.75, 3.05) is 47.5 Å². The highest BCUT2D eigenvalue weighted by Crippen LogP contribution is 2.21. The monoisotopic (exact) mass is 1250 g/mol. The Morgan fingerprint density at radius 3 is 0.727 bits per heavy atom. The van der Waals surface area contributed by atoms with E-state index in [2.05, 4.69) is 13.8 Å². The summed E-state index contributed by atoms with van der Waals surface area (Å²) in [7, 11) is 5.96. The summed E-state index contributed by atoms with van der Waals surface area (Å²) in [4.78, 5) is 37.6. The summed E-state index contributed by atoms with van der Waals surface area (Å²) in [5.41, 5.74) is 0. The highest BCUT2D eigenvalue weighted by atomic mass is 16.7. The molecular weight excluding hydrogens is 1090 g/mol. The maximum Gasteiger partial charge on any atom is 0.306 e. The second-order valence-electron chi connectivity index (χ2n) is 28.7. The highest BCUT2D eigenvalue weighted by Gasteiger charge is 2.22. The number of esters is 2. The van der Waals surface area contributed by atoms with E-state index >= 15 is 0 Å². The van der Waals surface area contributed by atoms with Crippen LogP contribution >= 0.6 is 0 Å². The third kappa shape index (κ3) is 71.7. The van der Waals surface area contributed by atoms with Crippen molar-refractivity contribution in [2.24, 2.45) is 0 Å². The summed E-state index contributed by atoms with van der Waals surface area (Å²) in [6.07, 6.45) is 83.8. The number of nitrogens with zero attached hydrogens (tertiary/aromatic N) is 1. The number of likely N-dealkylation sites (N-methyl/N-ethyl adjacent to an activating group) is 1. The molecule has 0 aliphatic rings. The Bertz CT molecular complexity index is 1400. The predicted octanol–water partition coefficient (Wildman–Crippen LogP) is 23.7. The number of rotatable bonds is 76. The maximum absolute atomic E-state index is 13.0. The molecule has 9 heteroatoms. The van der Waals surface area contributed by atoms with Gasteiger partial charge in [-0.3, -0.25) is 9.59 Å². The molecule has 0 fully saturated rings. The molecule has 0 aromatic rings. The molecule has 2 atom stereocenters. The normalized spacial score (nSPS) is 12.5. The number of carboxylic acid groups (broad SMARTS) is 1. The predicted molar refractivity (Wildman–Crippen MR) is 376 cm³/mol. The molecule has 0 saturated heterocycles. The molecule has 2 unspecified atom stereocenters. The molecule has 0 saturated carbocycles. The Morgan fingerprint density at radius 1 is 0.295 bits per heavy atom. The van der Waals surface area contributed by atoms with Gasteiger partial charge in [0.1, 0.15) is 13.2 Å². The topological polar surface area (TPSA) is 111 Å². The number of hydrogen-bond acceptors (Lipinski definition) is 8. The van der Waals surface area contributed by atoms with Crippen LogP contribution in [0.15, 0.2) is 0 Å². The van der Waals surface area contributed by atoms with E-state index in [1.807, 2.05) is 21.1 Å². The average molecular weight is 1250 g/mol. The fraction of sp³-hybridized carbons (Fsp3) is 0.962. The molecule has 0 radical (unpaired) electrons. The number of carbonyl (C=O) groups excluding carboxylic acids is 3. The molecule has 0 aromatic carbocycles. The molecule has 524 valence electrons. The van der Waals surface area contributed by atoms with Crippen molar-refractivity contribution in [2.45, 2.75) is 444 Å². The van der Waals surface area contributed by atoms with Gasteiger partial charge in [-0.1, -0.05) is 406 Å². The van der Waals surface area contributed by atoms with Crippen LogP contribution in [-0.2, 0) is 33.3 Å². The molecule has 0 rings (SSSR count). The van der Waals surface area contributed by atoms with Gasteiger partial charge < -0.3 is 33.3 Å². The van der Waals surface area contributed by atoms with E-state index in [1.54, 1.807) is 0 Å². The molecule has 9 nitrogen and oxygen atoms in total. The van der Waals surface area contributed by atoms with E-state index in [4.69, 9.17) is 18.9 Å². The minimum Gasteiger partial charge on any atom is -0.545 e. The first-order valence-corrected chi connectivity index (χ1v) is 39.7. The number of hydrogen-bond donors (Lipinski definition) is 0. The second-order valence-corrected chi connectivity index (χ2v) is 28.7.